The Bertz CT molecular complexity index is 653. The van der Waals surface area contributed by atoms with Gasteiger partial charge in [0.15, 0.2) is 0 Å². The van der Waals surface area contributed by atoms with Gasteiger partial charge in [-0.25, -0.2) is 4.68 Å². The van der Waals surface area contributed by atoms with E-state index in [4.69, 9.17) is 17.3 Å². The lowest BCUT2D eigenvalue weighted by molar-refractivity contribution is 0.274. The summed E-state index contributed by atoms with van der Waals surface area (Å²) in [7, 11) is 0. The Labute approximate surface area is 149 Å². The Morgan fingerprint density at radius 2 is 2.00 bits per heavy atom. The quantitative estimate of drug-likeness (QED) is 0.914. The smallest absolute Gasteiger partial charge is 0.0646 e. The first-order chi connectivity index (χ1) is 10.5. The molecule has 0 amide bonds. The van der Waals surface area contributed by atoms with E-state index >= 15 is 0 Å². The first kappa shape index (κ1) is 18.3. The van der Waals surface area contributed by atoms with Gasteiger partial charge in [0.2, 0.25) is 0 Å². The topological polar surface area (TPSA) is 47.1 Å². The third-order valence-corrected chi connectivity index (χ3v) is 4.87. The summed E-state index contributed by atoms with van der Waals surface area (Å²) >= 11 is 5.94. The van der Waals surface area contributed by atoms with Crippen molar-refractivity contribution in [3.05, 3.63) is 46.7 Å². The molecule has 2 N–H and O–H groups in total. The zero-order valence-corrected chi connectivity index (χ0v) is 15.2. The molecule has 1 aliphatic heterocycles. The van der Waals surface area contributed by atoms with Crippen LogP contribution < -0.4 is 5.73 Å². The Hall–Kier alpha value is -1.07. The van der Waals surface area contributed by atoms with Crippen molar-refractivity contribution in [2.75, 3.05) is 19.6 Å². The summed E-state index contributed by atoms with van der Waals surface area (Å²) in [5.41, 5.74) is 9.54. The third-order valence-electron chi connectivity index (χ3n) is 4.62. The standard InChI is InChI=1S/C17H23ClN4.ClH/c1-13-14(9-21-8-7-17(2,11-19)12-21)10-22(20-13)16-5-3-15(18)4-6-16;/h3-6,10H,7-9,11-12,19H2,1-2H3;1H. The van der Waals surface area contributed by atoms with E-state index in [1.165, 1.54) is 12.0 Å². The Morgan fingerprint density at radius 3 is 2.61 bits per heavy atom. The number of hydrogen-bond donors (Lipinski definition) is 1. The fraction of sp³-hybridized carbons (Fsp3) is 0.471. The van der Waals surface area contributed by atoms with Crippen LogP contribution in [0.25, 0.3) is 5.69 Å². The normalized spacial score (nSPS) is 21.4. The molecule has 0 aliphatic carbocycles. The molecule has 0 spiro atoms. The van der Waals surface area contributed by atoms with Gasteiger partial charge in [0.05, 0.1) is 11.4 Å². The summed E-state index contributed by atoms with van der Waals surface area (Å²) in [6.07, 6.45) is 3.30. The predicted octanol–water partition coefficient (Wildman–Crippen LogP) is 3.43. The molecule has 0 bridgehead atoms. The summed E-state index contributed by atoms with van der Waals surface area (Å²) in [4.78, 5) is 2.48. The van der Waals surface area contributed by atoms with Gasteiger partial charge in [0.1, 0.15) is 0 Å². The number of aryl methyl sites for hydroxylation is 1. The van der Waals surface area contributed by atoms with Crippen LogP contribution in [0.15, 0.2) is 30.5 Å². The van der Waals surface area contributed by atoms with E-state index in [9.17, 15) is 0 Å². The fourth-order valence-corrected chi connectivity index (χ4v) is 3.17. The maximum atomic E-state index is 5.94. The number of hydrogen-bond acceptors (Lipinski definition) is 3. The van der Waals surface area contributed by atoms with Gasteiger partial charge in [-0.05, 0) is 56.1 Å². The average molecular weight is 355 g/mol. The van der Waals surface area contributed by atoms with E-state index in [1.54, 1.807) is 0 Å². The summed E-state index contributed by atoms with van der Waals surface area (Å²) < 4.78 is 1.93. The lowest BCUT2D eigenvalue weighted by atomic mass is 9.90. The monoisotopic (exact) mass is 354 g/mol. The maximum Gasteiger partial charge on any atom is 0.0646 e. The number of likely N-dealkylation sites (tertiary alicyclic amines) is 1. The maximum absolute atomic E-state index is 5.94. The van der Waals surface area contributed by atoms with Crippen molar-refractivity contribution in [1.29, 1.82) is 0 Å². The van der Waals surface area contributed by atoms with Crippen molar-refractivity contribution in [3.8, 4) is 5.69 Å². The van der Waals surface area contributed by atoms with Crippen molar-refractivity contribution in [2.45, 2.75) is 26.8 Å². The number of nitrogens with zero attached hydrogens (tertiary/aromatic N) is 3. The van der Waals surface area contributed by atoms with Gasteiger partial charge in [-0.1, -0.05) is 18.5 Å². The molecule has 0 radical (unpaired) electrons. The van der Waals surface area contributed by atoms with Gasteiger partial charge in [-0.2, -0.15) is 5.10 Å². The van der Waals surface area contributed by atoms with Crippen molar-refractivity contribution in [2.24, 2.45) is 11.1 Å². The molecule has 1 saturated heterocycles. The highest BCUT2D eigenvalue weighted by molar-refractivity contribution is 6.30. The van der Waals surface area contributed by atoms with Gasteiger partial charge in [0, 0.05) is 29.9 Å². The molecule has 6 heteroatoms. The van der Waals surface area contributed by atoms with Crippen molar-refractivity contribution in [1.82, 2.24) is 14.7 Å². The zero-order valence-electron chi connectivity index (χ0n) is 13.6. The molecule has 3 rings (SSSR count). The lowest BCUT2D eigenvalue weighted by Gasteiger charge is -2.22. The molecular weight excluding hydrogens is 331 g/mol. The molecule has 0 saturated carbocycles. The van der Waals surface area contributed by atoms with Crippen LogP contribution >= 0.6 is 24.0 Å². The van der Waals surface area contributed by atoms with Crippen LogP contribution in [0.3, 0.4) is 0 Å². The molecule has 1 aromatic carbocycles. The third kappa shape index (κ3) is 4.07. The molecule has 1 unspecified atom stereocenters. The van der Waals surface area contributed by atoms with Crippen LogP contribution in [0.2, 0.25) is 5.02 Å². The number of halogens is 2. The first-order valence-corrected chi connectivity index (χ1v) is 8.10. The zero-order chi connectivity index (χ0) is 15.7. The average Bonchev–Trinajstić information content (AvgIpc) is 3.05. The van der Waals surface area contributed by atoms with Crippen LogP contribution in [0.5, 0.6) is 0 Å². The van der Waals surface area contributed by atoms with Crippen molar-refractivity contribution < 1.29 is 0 Å². The Morgan fingerprint density at radius 1 is 1.30 bits per heavy atom. The second-order valence-corrected chi connectivity index (χ2v) is 7.07. The SMILES string of the molecule is Cc1nn(-c2ccc(Cl)cc2)cc1CN1CCC(C)(CN)C1.Cl. The highest BCUT2D eigenvalue weighted by Crippen LogP contribution is 2.30. The van der Waals surface area contributed by atoms with Gasteiger partial charge in [-0.15, -0.1) is 12.4 Å². The Kier molecular flexibility index (Phi) is 5.74. The van der Waals surface area contributed by atoms with E-state index in [-0.39, 0.29) is 17.8 Å². The van der Waals surface area contributed by atoms with E-state index in [0.29, 0.717) is 0 Å². The van der Waals surface area contributed by atoms with E-state index in [0.717, 1.165) is 42.6 Å². The van der Waals surface area contributed by atoms with Crippen LogP contribution in [-0.2, 0) is 6.54 Å². The summed E-state index contributed by atoms with van der Waals surface area (Å²) in [6, 6.07) is 7.75. The van der Waals surface area contributed by atoms with E-state index in [2.05, 4.69) is 30.0 Å². The molecule has 1 fully saturated rings. The van der Waals surface area contributed by atoms with Crippen molar-refractivity contribution >= 4 is 24.0 Å². The van der Waals surface area contributed by atoms with Crippen LogP contribution in [-0.4, -0.2) is 34.3 Å². The molecule has 1 aromatic heterocycles. The molecule has 126 valence electrons. The number of nitrogens with two attached hydrogens (primary N) is 1. The fourth-order valence-electron chi connectivity index (χ4n) is 3.05. The van der Waals surface area contributed by atoms with Gasteiger partial charge >= 0.3 is 0 Å². The van der Waals surface area contributed by atoms with E-state index < -0.39 is 0 Å². The highest BCUT2D eigenvalue weighted by Gasteiger charge is 2.32. The molecule has 2 aromatic rings. The number of rotatable bonds is 4. The molecule has 23 heavy (non-hydrogen) atoms. The van der Waals surface area contributed by atoms with Gasteiger partial charge in [-0.3, -0.25) is 4.90 Å². The molecule has 1 aliphatic rings. The minimum Gasteiger partial charge on any atom is -0.330 e. The Balaban J connectivity index is 0.00000192. The first-order valence-electron chi connectivity index (χ1n) is 7.73. The summed E-state index contributed by atoms with van der Waals surface area (Å²) in [5, 5.41) is 5.37. The summed E-state index contributed by atoms with van der Waals surface area (Å²) in [6.45, 7) is 8.22. The van der Waals surface area contributed by atoms with Crippen molar-refractivity contribution in [3.63, 3.8) is 0 Å². The minimum atomic E-state index is 0. The lowest BCUT2D eigenvalue weighted by Crippen LogP contribution is -2.31. The second kappa shape index (κ2) is 7.22. The van der Waals surface area contributed by atoms with Crippen LogP contribution in [0, 0.1) is 12.3 Å². The van der Waals surface area contributed by atoms with Crippen LogP contribution in [0.1, 0.15) is 24.6 Å². The van der Waals surface area contributed by atoms with Gasteiger partial charge < -0.3 is 5.73 Å². The number of benzene rings is 1. The number of aromatic nitrogens is 2. The van der Waals surface area contributed by atoms with Crippen LogP contribution in [0.4, 0.5) is 0 Å². The molecule has 4 nitrogen and oxygen atoms in total. The molecule has 2 heterocycles. The highest BCUT2D eigenvalue weighted by atomic mass is 35.5. The second-order valence-electron chi connectivity index (χ2n) is 6.64. The minimum absolute atomic E-state index is 0. The predicted molar refractivity (Wildman–Crippen MR) is 97.6 cm³/mol. The van der Waals surface area contributed by atoms with E-state index in [1.807, 2.05) is 28.9 Å². The molecule has 1 atom stereocenters. The molecular formula is C17H24Cl2N4. The largest absolute Gasteiger partial charge is 0.330 e. The van der Waals surface area contributed by atoms with Gasteiger partial charge in [0.25, 0.3) is 0 Å². The summed E-state index contributed by atoms with van der Waals surface area (Å²) in [5.74, 6) is 0.